The number of carbonyl (C=O) groups excluding carboxylic acids is 2. The molecular formula is C18H21N5O4. The lowest BCUT2D eigenvalue weighted by Crippen LogP contribution is -2.33. The maximum Gasteiger partial charge on any atom is 0.306 e. The van der Waals surface area contributed by atoms with Gasteiger partial charge in [-0.05, 0) is 19.9 Å². The van der Waals surface area contributed by atoms with Crippen LogP contribution < -0.4 is 10.1 Å². The SMILES string of the molecule is CCOc1ccccc1CNc1nc2n(n1)C(=O)C(CC(=O)OC)C(C)=N2. The van der Waals surface area contributed by atoms with Crippen molar-refractivity contribution in [3.8, 4) is 5.75 Å². The molecule has 0 spiro atoms. The second-order valence-electron chi connectivity index (χ2n) is 5.97. The van der Waals surface area contributed by atoms with E-state index in [1.165, 1.54) is 7.11 Å². The van der Waals surface area contributed by atoms with E-state index in [-0.39, 0.29) is 24.2 Å². The quantitative estimate of drug-likeness (QED) is 0.743. The molecule has 1 aliphatic rings. The predicted octanol–water partition coefficient (Wildman–Crippen LogP) is 2.21. The van der Waals surface area contributed by atoms with Gasteiger partial charge in [-0.2, -0.15) is 9.67 Å². The first-order chi connectivity index (χ1) is 13.0. The Morgan fingerprint density at radius 3 is 2.85 bits per heavy atom. The molecule has 0 bridgehead atoms. The normalized spacial score (nSPS) is 15.7. The van der Waals surface area contributed by atoms with Crippen LogP contribution in [-0.4, -0.2) is 46.1 Å². The monoisotopic (exact) mass is 371 g/mol. The van der Waals surface area contributed by atoms with Crippen molar-refractivity contribution in [2.24, 2.45) is 10.9 Å². The number of para-hydroxylation sites is 1. The van der Waals surface area contributed by atoms with E-state index in [1.807, 2.05) is 31.2 Å². The number of carbonyl (C=O) groups is 2. The highest BCUT2D eigenvalue weighted by molar-refractivity contribution is 6.09. The highest BCUT2D eigenvalue weighted by Crippen LogP contribution is 2.25. The van der Waals surface area contributed by atoms with Crippen molar-refractivity contribution in [1.82, 2.24) is 14.8 Å². The van der Waals surface area contributed by atoms with Crippen LogP contribution in [0.5, 0.6) is 5.75 Å². The van der Waals surface area contributed by atoms with Gasteiger partial charge in [-0.25, -0.2) is 4.99 Å². The lowest BCUT2D eigenvalue weighted by molar-refractivity contribution is -0.141. The molecule has 1 unspecified atom stereocenters. The third-order valence-electron chi connectivity index (χ3n) is 4.19. The number of aromatic nitrogens is 3. The van der Waals surface area contributed by atoms with Gasteiger partial charge in [-0.1, -0.05) is 18.2 Å². The van der Waals surface area contributed by atoms with Gasteiger partial charge in [-0.15, -0.1) is 5.10 Å². The first-order valence-corrected chi connectivity index (χ1v) is 8.61. The van der Waals surface area contributed by atoms with E-state index in [2.05, 4.69) is 25.1 Å². The summed E-state index contributed by atoms with van der Waals surface area (Å²) in [7, 11) is 1.28. The number of hydrogen-bond acceptors (Lipinski definition) is 8. The molecule has 0 amide bonds. The smallest absolute Gasteiger partial charge is 0.306 e. The van der Waals surface area contributed by atoms with E-state index in [9.17, 15) is 9.59 Å². The number of nitrogens with one attached hydrogen (secondary N) is 1. The fourth-order valence-corrected chi connectivity index (χ4v) is 2.77. The average Bonchev–Trinajstić information content (AvgIpc) is 3.07. The van der Waals surface area contributed by atoms with E-state index >= 15 is 0 Å². The number of aliphatic imine (C=N–C) groups is 1. The van der Waals surface area contributed by atoms with Gasteiger partial charge in [0.15, 0.2) is 0 Å². The van der Waals surface area contributed by atoms with E-state index in [0.717, 1.165) is 16.0 Å². The van der Waals surface area contributed by atoms with Crippen molar-refractivity contribution in [2.75, 3.05) is 19.0 Å². The molecule has 27 heavy (non-hydrogen) atoms. The fraction of sp³-hybridized carbons (Fsp3) is 0.389. The highest BCUT2D eigenvalue weighted by atomic mass is 16.5. The fourth-order valence-electron chi connectivity index (χ4n) is 2.77. The molecule has 1 N–H and O–H groups in total. The standard InChI is InChI=1S/C18H21N5O4/c1-4-27-14-8-6-5-7-12(14)10-19-17-21-18-20-11(2)13(9-15(24)26-3)16(25)23(18)22-17/h5-8,13H,4,9-10H2,1-3H3,(H,19,22). The lowest BCUT2D eigenvalue weighted by atomic mass is 9.98. The summed E-state index contributed by atoms with van der Waals surface area (Å²) < 4.78 is 11.4. The van der Waals surface area contributed by atoms with Gasteiger partial charge in [0, 0.05) is 17.8 Å². The van der Waals surface area contributed by atoms with E-state index in [4.69, 9.17) is 4.74 Å². The molecule has 1 aliphatic heterocycles. The van der Waals surface area contributed by atoms with Gasteiger partial charge in [-0.3, -0.25) is 9.59 Å². The minimum Gasteiger partial charge on any atom is -0.494 e. The number of ether oxygens (including phenoxy) is 2. The predicted molar refractivity (Wildman–Crippen MR) is 98.5 cm³/mol. The molecule has 0 saturated heterocycles. The number of methoxy groups -OCH3 is 1. The summed E-state index contributed by atoms with van der Waals surface area (Å²) in [4.78, 5) is 32.7. The summed E-state index contributed by atoms with van der Waals surface area (Å²) in [6, 6.07) is 7.65. The number of esters is 1. The molecule has 2 heterocycles. The van der Waals surface area contributed by atoms with Crippen molar-refractivity contribution in [3.05, 3.63) is 29.8 Å². The molecular weight excluding hydrogens is 350 g/mol. The van der Waals surface area contributed by atoms with Crippen molar-refractivity contribution in [2.45, 2.75) is 26.8 Å². The van der Waals surface area contributed by atoms with Crippen LogP contribution in [0.4, 0.5) is 11.9 Å². The molecule has 0 aliphatic carbocycles. The highest BCUT2D eigenvalue weighted by Gasteiger charge is 2.33. The van der Waals surface area contributed by atoms with Crippen molar-refractivity contribution in [1.29, 1.82) is 0 Å². The van der Waals surface area contributed by atoms with Gasteiger partial charge in [0.05, 0.1) is 26.1 Å². The number of fused-ring (bicyclic) bond motifs is 1. The number of benzene rings is 1. The summed E-state index contributed by atoms with van der Waals surface area (Å²) in [6.45, 7) is 4.61. The van der Waals surface area contributed by atoms with Crippen LogP contribution in [-0.2, 0) is 16.1 Å². The zero-order valence-electron chi connectivity index (χ0n) is 15.4. The molecule has 9 heteroatoms. The van der Waals surface area contributed by atoms with E-state index < -0.39 is 11.9 Å². The maximum atomic E-state index is 12.6. The molecule has 0 fully saturated rings. The van der Waals surface area contributed by atoms with Crippen molar-refractivity contribution < 1.29 is 19.1 Å². The van der Waals surface area contributed by atoms with Crippen LogP contribution in [0.1, 0.15) is 30.6 Å². The van der Waals surface area contributed by atoms with E-state index in [0.29, 0.717) is 18.9 Å². The van der Waals surface area contributed by atoms with Gasteiger partial charge in [0.25, 0.3) is 11.9 Å². The lowest BCUT2D eigenvalue weighted by Gasteiger charge is -2.18. The van der Waals surface area contributed by atoms with Crippen LogP contribution >= 0.6 is 0 Å². The number of hydrogen-bond donors (Lipinski definition) is 1. The Morgan fingerprint density at radius 2 is 2.11 bits per heavy atom. The molecule has 1 aromatic carbocycles. The second kappa shape index (κ2) is 7.98. The van der Waals surface area contributed by atoms with Crippen molar-refractivity contribution in [3.63, 3.8) is 0 Å². The summed E-state index contributed by atoms with van der Waals surface area (Å²) in [5.41, 5.74) is 1.46. The summed E-state index contributed by atoms with van der Waals surface area (Å²) in [5.74, 6) is -0.271. The van der Waals surface area contributed by atoms with Gasteiger partial charge in [0.1, 0.15) is 5.75 Å². The maximum absolute atomic E-state index is 12.6. The largest absolute Gasteiger partial charge is 0.494 e. The zero-order valence-corrected chi connectivity index (χ0v) is 15.4. The van der Waals surface area contributed by atoms with Crippen LogP contribution in [0, 0.1) is 5.92 Å². The van der Waals surface area contributed by atoms with Crippen LogP contribution in [0.2, 0.25) is 0 Å². The first kappa shape index (κ1) is 18.6. The molecule has 9 nitrogen and oxygen atoms in total. The Labute approximate surface area is 156 Å². The summed E-state index contributed by atoms with van der Waals surface area (Å²) >= 11 is 0. The first-order valence-electron chi connectivity index (χ1n) is 8.61. The Kier molecular flexibility index (Phi) is 5.49. The Balaban J connectivity index is 1.75. The van der Waals surface area contributed by atoms with Crippen LogP contribution in [0.25, 0.3) is 0 Å². The van der Waals surface area contributed by atoms with Crippen molar-refractivity contribution >= 4 is 29.5 Å². The Morgan fingerprint density at radius 1 is 1.33 bits per heavy atom. The zero-order chi connectivity index (χ0) is 19.4. The molecule has 142 valence electrons. The van der Waals surface area contributed by atoms with Gasteiger partial charge < -0.3 is 14.8 Å². The van der Waals surface area contributed by atoms with Crippen LogP contribution in [0.3, 0.4) is 0 Å². The topological polar surface area (TPSA) is 108 Å². The number of rotatable bonds is 7. The Hall–Kier alpha value is -3.23. The average molecular weight is 371 g/mol. The molecule has 2 aromatic rings. The molecule has 1 aromatic heterocycles. The third kappa shape index (κ3) is 3.97. The molecule has 3 rings (SSSR count). The summed E-state index contributed by atoms with van der Waals surface area (Å²) in [6.07, 6.45) is -0.0749. The van der Waals surface area contributed by atoms with Gasteiger partial charge in [0.2, 0.25) is 5.95 Å². The van der Waals surface area contributed by atoms with E-state index in [1.54, 1.807) is 6.92 Å². The Bertz CT molecular complexity index is 890. The minimum absolute atomic E-state index is 0.0749. The number of nitrogens with zero attached hydrogens (tertiary/aromatic N) is 4. The van der Waals surface area contributed by atoms with Gasteiger partial charge >= 0.3 is 5.97 Å². The number of anilines is 1. The van der Waals surface area contributed by atoms with Crippen LogP contribution in [0.15, 0.2) is 29.3 Å². The summed E-state index contributed by atoms with van der Waals surface area (Å²) in [5, 5.41) is 7.27. The third-order valence-corrected chi connectivity index (χ3v) is 4.19. The molecule has 1 atom stereocenters. The second-order valence-corrected chi connectivity index (χ2v) is 5.97. The molecule has 0 saturated carbocycles. The molecule has 0 radical (unpaired) electrons. The minimum atomic E-state index is -0.696.